The molecule has 0 bridgehead atoms. The van der Waals surface area contributed by atoms with Crippen LogP contribution in [0.25, 0.3) is 0 Å². The maximum absolute atomic E-state index is 12.0. The molecular formula is C18H19Cl2NOS. The van der Waals surface area contributed by atoms with Crippen molar-refractivity contribution in [3.8, 4) is 0 Å². The Morgan fingerprint density at radius 3 is 2.48 bits per heavy atom. The van der Waals surface area contributed by atoms with Crippen molar-refractivity contribution in [1.29, 1.82) is 0 Å². The highest BCUT2D eigenvalue weighted by atomic mass is 35.5. The molecule has 0 radical (unpaired) electrons. The summed E-state index contributed by atoms with van der Waals surface area (Å²) in [5.74, 6) is 1.17. The molecule has 0 saturated carbocycles. The number of carbonyl (C=O) groups excluding carboxylic acids is 1. The minimum Gasteiger partial charge on any atom is -0.349 e. The minimum atomic E-state index is 0.00803. The number of hydrogen-bond donors (Lipinski definition) is 1. The number of halogens is 2. The first-order valence-corrected chi connectivity index (χ1v) is 9.24. The average molecular weight is 368 g/mol. The van der Waals surface area contributed by atoms with E-state index in [1.165, 1.54) is 5.56 Å². The van der Waals surface area contributed by atoms with Gasteiger partial charge in [0, 0.05) is 5.75 Å². The van der Waals surface area contributed by atoms with E-state index in [2.05, 4.69) is 17.4 Å². The highest BCUT2D eigenvalue weighted by molar-refractivity contribution is 7.99. The van der Waals surface area contributed by atoms with Crippen molar-refractivity contribution >= 4 is 40.9 Å². The molecule has 0 aliphatic carbocycles. The fourth-order valence-electron chi connectivity index (χ4n) is 2.11. The van der Waals surface area contributed by atoms with Crippen molar-refractivity contribution in [2.45, 2.75) is 25.6 Å². The molecule has 0 saturated heterocycles. The SMILES string of the molecule is Cc1ccc(C(C)NC(=O)CSCc2ccc(Cl)c(Cl)c2)cc1. The third-order valence-electron chi connectivity index (χ3n) is 3.44. The van der Waals surface area contributed by atoms with Crippen LogP contribution in [0.2, 0.25) is 10.0 Å². The molecule has 1 amide bonds. The highest BCUT2D eigenvalue weighted by Gasteiger charge is 2.09. The molecule has 0 fully saturated rings. The Hall–Kier alpha value is -1.16. The molecule has 2 aromatic rings. The van der Waals surface area contributed by atoms with E-state index in [1.54, 1.807) is 17.8 Å². The maximum Gasteiger partial charge on any atom is 0.230 e. The molecule has 2 rings (SSSR count). The van der Waals surface area contributed by atoms with E-state index < -0.39 is 0 Å². The number of rotatable bonds is 6. The summed E-state index contributed by atoms with van der Waals surface area (Å²) in [6.07, 6.45) is 0. The number of benzene rings is 2. The molecule has 1 N–H and O–H groups in total. The van der Waals surface area contributed by atoms with Gasteiger partial charge in [0.1, 0.15) is 0 Å². The molecular weight excluding hydrogens is 349 g/mol. The third kappa shape index (κ3) is 5.76. The predicted molar refractivity (Wildman–Crippen MR) is 100 cm³/mol. The summed E-state index contributed by atoms with van der Waals surface area (Å²) < 4.78 is 0. The molecule has 122 valence electrons. The summed E-state index contributed by atoms with van der Waals surface area (Å²) in [4.78, 5) is 12.0. The van der Waals surface area contributed by atoms with Crippen molar-refractivity contribution in [3.05, 3.63) is 69.2 Å². The number of carbonyl (C=O) groups is 1. The first kappa shape index (κ1) is 18.2. The van der Waals surface area contributed by atoms with Gasteiger partial charge < -0.3 is 5.32 Å². The molecule has 2 aromatic carbocycles. The second-order valence-electron chi connectivity index (χ2n) is 5.44. The molecule has 1 unspecified atom stereocenters. The van der Waals surface area contributed by atoms with Gasteiger partial charge in [-0.2, -0.15) is 0 Å². The Kier molecular flexibility index (Phi) is 6.82. The molecule has 5 heteroatoms. The molecule has 0 aliphatic rings. The van der Waals surface area contributed by atoms with Crippen LogP contribution in [0.1, 0.15) is 29.7 Å². The van der Waals surface area contributed by atoms with Crippen LogP contribution >= 0.6 is 35.0 Å². The van der Waals surface area contributed by atoms with E-state index in [4.69, 9.17) is 23.2 Å². The van der Waals surface area contributed by atoms with Crippen LogP contribution in [0.3, 0.4) is 0 Å². The van der Waals surface area contributed by atoms with Crippen LogP contribution in [-0.2, 0) is 10.5 Å². The van der Waals surface area contributed by atoms with Crippen LogP contribution in [0.15, 0.2) is 42.5 Å². The van der Waals surface area contributed by atoms with Gasteiger partial charge in [-0.15, -0.1) is 11.8 Å². The smallest absolute Gasteiger partial charge is 0.230 e. The lowest BCUT2D eigenvalue weighted by Gasteiger charge is -2.14. The van der Waals surface area contributed by atoms with E-state index in [9.17, 15) is 4.79 Å². The zero-order valence-electron chi connectivity index (χ0n) is 13.1. The number of hydrogen-bond acceptors (Lipinski definition) is 2. The first-order chi connectivity index (χ1) is 11.0. The largest absolute Gasteiger partial charge is 0.349 e. The number of thioether (sulfide) groups is 1. The number of nitrogens with one attached hydrogen (secondary N) is 1. The lowest BCUT2D eigenvalue weighted by molar-refractivity contribution is -0.119. The van der Waals surface area contributed by atoms with Gasteiger partial charge in [0.15, 0.2) is 0 Å². The van der Waals surface area contributed by atoms with Crippen molar-refractivity contribution in [2.75, 3.05) is 5.75 Å². The highest BCUT2D eigenvalue weighted by Crippen LogP contribution is 2.24. The molecule has 1 atom stereocenters. The van der Waals surface area contributed by atoms with Gasteiger partial charge in [0.25, 0.3) is 0 Å². The van der Waals surface area contributed by atoms with E-state index in [1.807, 2.05) is 38.1 Å². The van der Waals surface area contributed by atoms with E-state index in [-0.39, 0.29) is 11.9 Å². The summed E-state index contributed by atoms with van der Waals surface area (Å²) in [6.45, 7) is 4.04. The van der Waals surface area contributed by atoms with Crippen LogP contribution in [0.5, 0.6) is 0 Å². The molecule has 0 aromatic heterocycles. The minimum absolute atomic E-state index is 0.00803. The van der Waals surface area contributed by atoms with Crippen LogP contribution in [-0.4, -0.2) is 11.7 Å². The molecule has 0 aliphatic heterocycles. The van der Waals surface area contributed by atoms with Crippen molar-refractivity contribution < 1.29 is 4.79 Å². The lowest BCUT2D eigenvalue weighted by Crippen LogP contribution is -2.28. The van der Waals surface area contributed by atoms with Gasteiger partial charge in [0.05, 0.1) is 21.8 Å². The Bertz CT molecular complexity index is 673. The Labute approximate surface area is 151 Å². The first-order valence-electron chi connectivity index (χ1n) is 7.33. The van der Waals surface area contributed by atoms with Crippen LogP contribution < -0.4 is 5.32 Å². The summed E-state index contributed by atoms with van der Waals surface area (Å²) in [6, 6.07) is 13.7. The fourth-order valence-corrected chi connectivity index (χ4v) is 3.22. The quantitative estimate of drug-likeness (QED) is 0.738. The van der Waals surface area contributed by atoms with Crippen molar-refractivity contribution in [1.82, 2.24) is 5.32 Å². The topological polar surface area (TPSA) is 29.1 Å². The second-order valence-corrected chi connectivity index (χ2v) is 7.24. The summed E-state index contributed by atoms with van der Waals surface area (Å²) in [5, 5.41) is 4.11. The summed E-state index contributed by atoms with van der Waals surface area (Å²) in [5.41, 5.74) is 3.38. The van der Waals surface area contributed by atoms with Gasteiger partial charge in [-0.1, -0.05) is 59.1 Å². The standard InChI is InChI=1S/C18H19Cl2NOS/c1-12-3-6-15(7-4-12)13(2)21-18(22)11-23-10-14-5-8-16(19)17(20)9-14/h3-9,13H,10-11H2,1-2H3,(H,21,22). The predicted octanol–water partition coefficient (Wildman–Crippen LogP) is 5.41. The molecule has 2 nitrogen and oxygen atoms in total. The number of aryl methyl sites for hydroxylation is 1. The Balaban J connectivity index is 1.78. The lowest BCUT2D eigenvalue weighted by atomic mass is 10.1. The zero-order chi connectivity index (χ0) is 16.8. The maximum atomic E-state index is 12.0. The van der Waals surface area contributed by atoms with Crippen LogP contribution in [0, 0.1) is 6.92 Å². The van der Waals surface area contributed by atoms with E-state index >= 15 is 0 Å². The van der Waals surface area contributed by atoms with Gasteiger partial charge >= 0.3 is 0 Å². The fraction of sp³-hybridized carbons (Fsp3) is 0.278. The molecule has 23 heavy (non-hydrogen) atoms. The summed E-state index contributed by atoms with van der Waals surface area (Å²) >= 11 is 13.4. The van der Waals surface area contributed by atoms with Crippen molar-refractivity contribution in [2.24, 2.45) is 0 Å². The van der Waals surface area contributed by atoms with Crippen LogP contribution in [0.4, 0.5) is 0 Å². The monoisotopic (exact) mass is 367 g/mol. The third-order valence-corrected chi connectivity index (χ3v) is 5.18. The average Bonchev–Trinajstić information content (AvgIpc) is 2.51. The number of amides is 1. The normalized spacial score (nSPS) is 12.0. The summed E-state index contributed by atoms with van der Waals surface area (Å²) in [7, 11) is 0. The zero-order valence-corrected chi connectivity index (χ0v) is 15.4. The molecule has 0 spiro atoms. The van der Waals surface area contributed by atoms with Gasteiger partial charge in [-0.3, -0.25) is 4.79 Å². The Morgan fingerprint density at radius 2 is 1.83 bits per heavy atom. The van der Waals surface area contributed by atoms with Gasteiger partial charge in [-0.05, 0) is 37.1 Å². The van der Waals surface area contributed by atoms with Gasteiger partial charge in [0.2, 0.25) is 5.91 Å². The second kappa shape index (κ2) is 8.62. The Morgan fingerprint density at radius 1 is 1.13 bits per heavy atom. The van der Waals surface area contributed by atoms with E-state index in [0.29, 0.717) is 15.8 Å². The molecule has 0 heterocycles. The van der Waals surface area contributed by atoms with Gasteiger partial charge in [-0.25, -0.2) is 0 Å². The van der Waals surface area contributed by atoms with Crippen molar-refractivity contribution in [3.63, 3.8) is 0 Å². The van der Waals surface area contributed by atoms with E-state index in [0.717, 1.165) is 16.9 Å².